The van der Waals surface area contributed by atoms with Gasteiger partial charge in [-0.1, -0.05) is 68.4 Å². The summed E-state index contributed by atoms with van der Waals surface area (Å²) in [5.41, 5.74) is 12.5. The molecule has 0 unspecified atom stereocenters. The summed E-state index contributed by atoms with van der Waals surface area (Å²) in [5, 5.41) is 82.4. The molecule has 1 aromatic heterocycles. The first kappa shape index (κ1) is 70.5. The molecule has 0 aliphatic rings. The number of phenolic OH excluding ortho intramolecular Hbond substituents is 2. The van der Waals surface area contributed by atoms with Crippen molar-refractivity contribution in [1.29, 1.82) is 0 Å². The van der Waals surface area contributed by atoms with Crippen LogP contribution in [0, 0.1) is 5.92 Å². The Hall–Kier alpha value is -10.0. The smallest absolute Gasteiger partial charge is 0.326 e. The summed E-state index contributed by atoms with van der Waals surface area (Å²) in [5.74, 6) is -15.0. The summed E-state index contributed by atoms with van der Waals surface area (Å²) in [7, 11) is 0. The van der Waals surface area contributed by atoms with Crippen LogP contribution in [0.5, 0.6) is 11.5 Å². The highest BCUT2D eigenvalue weighted by atomic mass is 16.4. The number of nitrogens with one attached hydrogen (secondary N) is 10. The molecule has 0 radical (unpaired) electrons. The number of rotatable bonds is 35. The average molecular weight is 1230 g/mol. The van der Waals surface area contributed by atoms with E-state index in [1.54, 1.807) is 44.2 Å². The van der Waals surface area contributed by atoms with E-state index in [2.05, 4.69) is 57.8 Å². The minimum atomic E-state index is -2.12. The van der Waals surface area contributed by atoms with Crippen molar-refractivity contribution in [1.82, 2.24) is 57.8 Å². The number of H-pyrrole nitrogens is 1. The van der Waals surface area contributed by atoms with Crippen LogP contribution in [0.25, 0.3) is 0 Å². The van der Waals surface area contributed by atoms with Crippen LogP contribution in [-0.4, -0.2) is 185 Å². The number of primary amides is 1. The number of nitrogens with zero attached hydrogens (tertiary/aromatic N) is 1. The molecule has 0 saturated carbocycles. The van der Waals surface area contributed by atoms with E-state index in [1.807, 2.05) is 0 Å². The molecular formula is C57H75N13O18. The second-order valence-corrected chi connectivity index (χ2v) is 21.1. The van der Waals surface area contributed by atoms with Gasteiger partial charge in [0.15, 0.2) is 0 Å². The Morgan fingerprint density at radius 2 is 0.864 bits per heavy atom. The molecule has 20 N–H and O–H groups in total. The zero-order valence-electron chi connectivity index (χ0n) is 48.4. The number of amides is 10. The maximum atomic E-state index is 14.3. The number of benzene rings is 3. The zero-order valence-corrected chi connectivity index (χ0v) is 48.4. The normalized spacial score (nSPS) is 14.8. The van der Waals surface area contributed by atoms with Crippen LogP contribution in [0.3, 0.4) is 0 Å². The predicted octanol–water partition coefficient (Wildman–Crippen LogP) is -4.34. The highest BCUT2D eigenvalue weighted by molar-refractivity contribution is 6.00. The molecule has 476 valence electrons. The highest BCUT2D eigenvalue weighted by Gasteiger charge is 2.38. The second kappa shape index (κ2) is 34.2. The number of phenols is 2. The Morgan fingerprint density at radius 3 is 1.28 bits per heavy atom. The number of carbonyl (C=O) groups is 12. The van der Waals surface area contributed by atoms with Crippen LogP contribution in [0.15, 0.2) is 91.4 Å². The minimum absolute atomic E-state index is 0.0803. The van der Waals surface area contributed by atoms with Gasteiger partial charge in [-0.25, -0.2) is 9.78 Å². The van der Waals surface area contributed by atoms with Gasteiger partial charge >= 0.3 is 11.9 Å². The largest absolute Gasteiger partial charge is 0.508 e. The Balaban J connectivity index is 1.60. The van der Waals surface area contributed by atoms with Crippen LogP contribution in [0.2, 0.25) is 0 Å². The fraction of sp³-hybridized carbons (Fsp3) is 0.421. The SMILES string of the molecule is CC(C)C[C@H](NC(=O)[C@H](CC(N)=O)NC(=O)[C@H](Cc1ccc(O)cc1)NC(=O)[C@H](CC(=O)O)NC(=O)[C@@H](NC(=O)[C@H](Cc1ccccc1)NC(=O)[C@@H](NC(=O)[C@H](Cc1ccc(O)cc1)NC(=O)CN)[C@@H](C)O)[C@@H](C)O)C(=O)N[C@@H](Cc1cnc[nH]1)C(=O)O. The van der Waals surface area contributed by atoms with Gasteiger partial charge in [-0.15, -0.1) is 0 Å². The molecule has 88 heavy (non-hydrogen) atoms. The fourth-order valence-electron chi connectivity index (χ4n) is 8.71. The molecule has 31 nitrogen and oxygen atoms in total. The summed E-state index contributed by atoms with van der Waals surface area (Å²) >= 11 is 0. The van der Waals surface area contributed by atoms with Gasteiger partial charge in [0, 0.05) is 37.6 Å². The second-order valence-electron chi connectivity index (χ2n) is 21.1. The standard InChI is InChI=1S/C57H75N13O18/c1-28(2)18-37(49(79)68-43(57(87)88)22-34-26-60-27-61-34)63-51(81)41(23-44(59)75)65-50(80)39(21-33-12-16-36(74)17-13-33)64-52(82)42(24-46(77)78)67-56(86)48(30(4)72)70-54(84)40(19-31-8-6-5-7-9-31)66-55(85)47(29(3)71)69-53(83)38(62-45(76)25-58)20-32-10-14-35(73)15-11-32/h5-17,26-30,37-43,47-48,71-74H,18-25,58H2,1-4H3,(H2,59,75)(H,60,61)(H,62,76)(H,63,81)(H,64,82)(H,65,80)(H,66,85)(H,67,86)(H,68,79)(H,69,83)(H,70,84)(H,77,78)(H,87,88)/t29-,30-,37+,38+,39+,40+,41+,42+,43+,47+,48+/m1/s1. The third kappa shape index (κ3) is 23.5. The average Bonchev–Trinajstić information content (AvgIpc) is 4.17. The number of aliphatic hydroxyl groups is 2. The Kier molecular flexibility index (Phi) is 27.4. The molecule has 0 aliphatic heterocycles. The van der Waals surface area contributed by atoms with Gasteiger partial charge in [0.1, 0.15) is 65.9 Å². The van der Waals surface area contributed by atoms with E-state index in [4.69, 9.17) is 11.5 Å². The quantitative estimate of drug-likeness (QED) is 0.0207. The maximum absolute atomic E-state index is 14.3. The van der Waals surface area contributed by atoms with Crippen molar-refractivity contribution in [3.63, 3.8) is 0 Å². The third-order valence-electron chi connectivity index (χ3n) is 13.2. The van der Waals surface area contributed by atoms with E-state index < -0.39 is 163 Å². The van der Waals surface area contributed by atoms with Gasteiger partial charge in [0.25, 0.3) is 0 Å². The number of hydrogen-bond donors (Lipinski definition) is 18. The van der Waals surface area contributed by atoms with Crippen molar-refractivity contribution >= 4 is 71.0 Å². The summed E-state index contributed by atoms with van der Waals surface area (Å²) in [4.78, 5) is 168. The third-order valence-corrected chi connectivity index (χ3v) is 13.2. The summed E-state index contributed by atoms with van der Waals surface area (Å²) in [6.07, 6.45) is -4.23. The molecule has 0 saturated heterocycles. The van der Waals surface area contributed by atoms with Crippen LogP contribution >= 0.6 is 0 Å². The van der Waals surface area contributed by atoms with Gasteiger partial charge in [-0.05, 0) is 67.1 Å². The van der Waals surface area contributed by atoms with E-state index in [-0.39, 0.29) is 48.7 Å². The molecule has 31 heteroatoms. The molecule has 0 bridgehead atoms. The molecule has 10 amide bonds. The van der Waals surface area contributed by atoms with Gasteiger partial charge in [-0.3, -0.25) is 52.7 Å². The van der Waals surface area contributed by atoms with Gasteiger partial charge < -0.3 is 94.9 Å². The molecule has 4 aromatic rings. The molecule has 4 rings (SSSR count). The summed E-state index contributed by atoms with van der Waals surface area (Å²) in [6, 6.07) is 3.04. The molecule has 0 aliphatic carbocycles. The Labute approximate surface area is 504 Å². The number of aromatic amines is 1. The molecular weight excluding hydrogens is 1150 g/mol. The number of aliphatic hydroxyl groups excluding tert-OH is 2. The molecule has 0 fully saturated rings. The van der Waals surface area contributed by atoms with E-state index in [0.29, 0.717) is 16.8 Å². The monoisotopic (exact) mass is 1230 g/mol. The highest BCUT2D eigenvalue weighted by Crippen LogP contribution is 2.16. The van der Waals surface area contributed by atoms with E-state index in [9.17, 15) is 88.2 Å². The van der Waals surface area contributed by atoms with Crippen molar-refractivity contribution in [2.75, 3.05) is 6.54 Å². The van der Waals surface area contributed by atoms with Crippen molar-refractivity contribution in [3.8, 4) is 11.5 Å². The molecule has 3 aromatic carbocycles. The molecule has 1 heterocycles. The van der Waals surface area contributed by atoms with Crippen molar-refractivity contribution in [3.05, 3.63) is 114 Å². The topological polar surface area (TPSA) is 515 Å². The number of aromatic hydroxyl groups is 2. The van der Waals surface area contributed by atoms with E-state index in [1.165, 1.54) is 61.1 Å². The lowest BCUT2D eigenvalue weighted by Gasteiger charge is -2.29. The van der Waals surface area contributed by atoms with Crippen molar-refractivity contribution in [2.45, 2.75) is 139 Å². The minimum Gasteiger partial charge on any atom is -0.508 e. The van der Waals surface area contributed by atoms with Crippen LogP contribution in [-0.2, 0) is 83.2 Å². The number of carboxylic acids is 2. The lowest BCUT2D eigenvalue weighted by Crippen LogP contribution is -2.63. The van der Waals surface area contributed by atoms with Crippen LogP contribution in [0.4, 0.5) is 0 Å². The lowest BCUT2D eigenvalue weighted by atomic mass is 10.0. The Bertz CT molecular complexity index is 3060. The van der Waals surface area contributed by atoms with Crippen LogP contribution < -0.4 is 59.3 Å². The number of carbonyl (C=O) groups excluding carboxylic acids is 10. The number of nitrogens with two attached hydrogens (primary N) is 2. The fourth-order valence-corrected chi connectivity index (χ4v) is 8.71. The van der Waals surface area contributed by atoms with Gasteiger partial charge in [-0.2, -0.15) is 0 Å². The summed E-state index contributed by atoms with van der Waals surface area (Å²) in [6.45, 7) is 5.04. The van der Waals surface area contributed by atoms with Crippen molar-refractivity contribution in [2.24, 2.45) is 17.4 Å². The number of aromatic nitrogens is 2. The van der Waals surface area contributed by atoms with Crippen molar-refractivity contribution < 1.29 is 88.2 Å². The van der Waals surface area contributed by atoms with E-state index >= 15 is 0 Å². The lowest BCUT2D eigenvalue weighted by molar-refractivity contribution is -0.143. The maximum Gasteiger partial charge on any atom is 0.326 e. The molecule has 11 atom stereocenters. The van der Waals surface area contributed by atoms with Gasteiger partial charge in [0.2, 0.25) is 59.1 Å². The number of hydrogen-bond acceptors (Lipinski definition) is 18. The van der Waals surface area contributed by atoms with E-state index in [0.717, 1.165) is 13.8 Å². The molecule has 0 spiro atoms. The first-order valence-electron chi connectivity index (χ1n) is 27.6. The number of aliphatic carboxylic acids is 2. The van der Waals surface area contributed by atoms with Gasteiger partial charge in [0.05, 0.1) is 37.9 Å². The summed E-state index contributed by atoms with van der Waals surface area (Å²) < 4.78 is 0. The predicted molar refractivity (Wildman–Crippen MR) is 309 cm³/mol. The number of carboxylic acid groups (broad SMARTS) is 2. The zero-order chi connectivity index (χ0) is 65.4. The first-order valence-corrected chi connectivity index (χ1v) is 27.6. The Morgan fingerprint density at radius 1 is 0.477 bits per heavy atom. The number of imidazole rings is 1. The van der Waals surface area contributed by atoms with Crippen LogP contribution in [0.1, 0.15) is 69.3 Å². The first-order chi connectivity index (χ1) is 41.5.